The molecule has 0 saturated heterocycles. The highest BCUT2D eigenvalue weighted by atomic mass is 79.9. The van der Waals surface area contributed by atoms with Gasteiger partial charge in [-0.1, -0.05) is 15.9 Å². The van der Waals surface area contributed by atoms with Crippen molar-refractivity contribution in [2.45, 2.75) is 5.33 Å². The van der Waals surface area contributed by atoms with Gasteiger partial charge in [-0.3, -0.25) is 14.9 Å². The average Bonchev–Trinajstić information content (AvgIpc) is 2.47. The molecule has 0 radical (unpaired) electrons. The highest BCUT2D eigenvalue weighted by molar-refractivity contribution is 9.08. The lowest BCUT2D eigenvalue weighted by atomic mass is 10.3. The van der Waals surface area contributed by atoms with Crippen LogP contribution in [-0.2, 0) is 5.33 Å². The van der Waals surface area contributed by atoms with Gasteiger partial charge in [0, 0.05) is 5.33 Å². The van der Waals surface area contributed by atoms with E-state index in [1.54, 1.807) is 0 Å². The van der Waals surface area contributed by atoms with Gasteiger partial charge >= 0.3 is 5.88 Å². The second-order valence-corrected chi connectivity index (χ2v) is 2.55. The molecule has 0 unspecified atom stereocenters. The Morgan fingerprint density at radius 3 is 2.75 bits per heavy atom. The van der Waals surface area contributed by atoms with Gasteiger partial charge in [0.05, 0.1) is 5.56 Å². The van der Waals surface area contributed by atoms with Crippen molar-refractivity contribution in [2.75, 3.05) is 0 Å². The van der Waals surface area contributed by atoms with Crippen molar-refractivity contribution in [3.63, 3.8) is 0 Å². The summed E-state index contributed by atoms with van der Waals surface area (Å²) in [5.74, 6) is -0.412. The van der Waals surface area contributed by atoms with Crippen LogP contribution in [0.2, 0.25) is 0 Å². The van der Waals surface area contributed by atoms with E-state index in [1.165, 1.54) is 6.07 Å². The Bertz CT molecular complexity index is 319. The molecule has 0 aliphatic rings. The molecule has 64 valence electrons. The predicted octanol–water partition coefficient (Wildman–Crippen LogP) is 1.90. The van der Waals surface area contributed by atoms with Crippen molar-refractivity contribution in [3.8, 4) is 0 Å². The van der Waals surface area contributed by atoms with Crippen LogP contribution in [0.5, 0.6) is 0 Å². The largest absolute Gasteiger partial charge is 0.437 e. The van der Waals surface area contributed by atoms with Gasteiger partial charge in [0.2, 0.25) is 0 Å². The van der Waals surface area contributed by atoms with Crippen molar-refractivity contribution in [1.82, 2.24) is 0 Å². The summed E-state index contributed by atoms with van der Waals surface area (Å²) >= 11 is 3.04. The van der Waals surface area contributed by atoms with Crippen LogP contribution >= 0.6 is 15.9 Å². The molecule has 0 amide bonds. The molecule has 1 heterocycles. The summed E-state index contributed by atoms with van der Waals surface area (Å²) in [5, 5.41) is 10.6. The fourth-order valence-electron chi connectivity index (χ4n) is 0.748. The van der Waals surface area contributed by atoms with Gasteiger partial charge in [0.25, 0.3) is 0 Å². The predicted molar refractivity (Wildman–Crippen MR) is 43.4 cm³/mol. The van der Waals surface area contributed by atoms with Gasteiger partial charge in [-0.15, -0.1) is 0 Å². The molecule has 0 atom stereocenters. The van der Waals surface area contributed by atoms with Crippen LogP contribution in [0, 0.1) is 10.1 Å². The third-order valence-corrected chi connectivity index (χ3v) is 1.84. The maximum atomic E-state index is 10.3. The lowest BCUT2D eigenvalue weighted by Gasteiger charge is -1.85. The Labute approximate surface area is 75.6 Å². The van der Waals surface area contributed by atoms with Gasteiger partial charge in [0.15, 0.2) is 12.0 Å². The number of nitro groups is 1. The summed E-state index contributed by atoms with van der Waals surface area (Å²) < 4.78 is 4.62. The number of carbonyl (C=O) groups excluding carboxylic acids is 1. The molecule has 0 aliphatic heterocycles. The minimum atomic E-state index is -0.663. The summed E-state index contributed by atoms with van der Waals surface area (Å²) in [6, 6.07) is 1.33. The van der Waals surface area contributed by atoms with Crippen molar-refractivity contribution >= 4 is 28.1 Å². The van der Waals surface area contributed by atoms with Crippen LogP contribution in [0.1, 0.15) is 16.1 Å². The second-order valence-electron chi connectivity index (χ2n) is 1.99. The number of furan rings is 1. The summed E-state index contributed by atoms with van der Waals surface area (Å²) in [5.41, 5.74) is 0.363. The van der Waals surface area contributed by atoms with Crippen LogP contribution in [0.3, 0.4) is 0 Å². The Kier molecular flexibility index (Phi) is 2.59. The number of carbonyl (C=O) groups is 1. The molecule has 0 N–H and O–H groups in total. The highest BCUT2D eigenvalue weighted by Crippen LogP contribution is 2.24. The quantitative estimate of drug-likeness (QED) is 0.346. The zero-order valence-corrected chi connectivity index (χ0v) is 7.41. The van der Waals surface area contributed by atoms with E-state index in [-0.39, 0.29) is 11.6 Å². The van der Waals surface area contributed by atoms with E-state index >= 15 is 0 Å². The van der Waals surface area contributed by atoms with E-state index in [9.17, 15) is 14.9 Å². The number of nitrogens with zero attached hydrogens (tertiary/aromatic N) is 1. The van der Waals surface area contributed by atoms with E-state index < -0.39 is 4.92 Å². The zero-order valence-electron chi connectivity index (χ0n) is 5.82. The molecule has 5 nitrogen and oxygen atoms in total. The van der Waals surface area contributed by atoms with E-state index in [1.807, 2.05) is 0 Å². The first kappa shape index (κ1) is 8.92. The smallest absolute Gasteiger partial charge is 0.398 e. The fourth-order valence-corrected chi connectivity index (χ4v) is 1.15. The maximum absolute atomic E-state index is 10.3. The van der Waals surface area contributed by atoms with Crippen LogP contribution < -0.4 is 0 Å². The topological polar surface area (TPSA) is 73.3 Å². The first-order chi connectivity index (χ1) is 5.69. The normalized spacial score (nSPS) is 9.75. The molecule has 0 fully saturated rings. The summed E-state index contributed by atoms with van der Waals surface area (Å²) in [6.45, 7) is 0. The molecule has 1 aromatic rings. The summed E-state index contributed by atoms with van der Waals surface area (Å²) in [4.78, 5) is 19.8. The zero-order chi connectivity index (χ0) is 9.14. The molecule has 0 spiro atoms. The fraction of sp³-hybridized carbons (Fsp3) is 0.167. The second kappa shape index (κ2) is 3.48. The monoisotopic (exact) mass is 233 g/mol. The van der Waals surface area contributed by atoms with Crippen molar-refractivity contribution in [1.29, 1.82) is 0 Å². The van der Waals surface area contributed by atoms with Crippen LogP contribution in [0.15, 0.2) is 10.5 Å². The molecule has 6 heteroatoms. The first-order valence-corrected chi connectivity index (χ1v) is 4.09. The lowest BCUT2D eigenvalue weighted by Crippen LogP contribution is -1.87. The van der Waals surface area contributed by atoms with Crippen molar-refractivity contribution in [2.24, 2.45) is 0 Å². The van der Waals surface area contributed by atoms with Crippen molar-refractivity contribution < 1.29 is 14.1 Å². The molecule has 1 rings (SSSR count). The molecule has 0 saturated carbocycles. The molecule has 0 bridgehead atoms. The SMILES string of the molecule is O=Cc1cc(CBr)c([N+](=O)[O-])o1. The van der Waals surface area contributed by atoms with E-state index in [0.717, 1.165) is 0 Å². The summed E-state index contributed by atoms with van der Waals surface area (Å²) in [7, 11) is 0. The van der Waals surface area contributed by atoms with Crippen LogP contribution in [-0.4, -0.2) is 11.2 Å². The maximum Gasteiger partial charge on any atom is 0.437 e. The minimum absolute atomic E-state index is 0.0313. The Balaban J connectivity index is 3.16. The Morgan fingerprint density at radius 2 is 2.42 bits per heavy atom. The highest BCUT2D eigenvalue weighted by Gasteiger charge is 2.19. The number of hydrogen-bond donors (Lipinski definition) is 0. The van der Waals surface area contributed by atoms with Gasteiger partial charge in [-0.05, 0) is 6.07 Å². The van der Waals surface area contributed by atoms with Crippen LogP contribution in [0.25, 0.3) is 0 Å². The lowest BCUT2D eigenvalue weighted by molar-refractivity contribution is -0.402. The van der Waals surface area contributed by atoms with Gasteiger partial charge in [-0.2, -0.15) is 0 Å². The number of rotatable bonds is 3. The van der Waals surface area contributed by atoms with E-state index in [2.05, 4.69) is 20.3 Å². The average molecular weight is 234 g/mol. The minimum Gasteiger partial charge on any atom is -0.398 e. The third-order valence-electron chi connectivity index (χ3n) is 1.23. The van der Waals surface area contributed by atoms with Gasteiger partial charge in [-0.25, -0.2) is 0 Å². The Hall–Kier alpha value is -1.17. The molecular weight excluding hydrogens is 230 g/mol. The number of alkyl halides is 1. The molecule has 0 aliphatic carbocycles. The number of hydrogen-bond acceptors (Lipinski definition) is 4. The van der Waals surface area contributed by atoms with E-state index in [0.29, 0.717) is 17.2 Å². The number of aldehydes is 1. The van der Waals surface area contributed by atoms with E-state index in [4.69, 9.17) is 0 Å². The van der Waals surface area contributed by atoms with Gasteiger partial charge < -0.3 is 4.42 Å². The third kappa shape index (κ3) is 1.53. The van der Waals surface area contributed by atoms with Crippen LogP contribution in [0.4, 0.5) is 5.88 Å². The summed E-state index contributed by atoms with van der Waals surface area (Å²) in [6.07, 6.45) is 0.430. The molecule has 0 aromatic carbocycles. The van der Waals surface area contributed by atoms with Gasteiger partial charge in [0.1, 0.15) is 4.92 Å². The number of halogens is 1. The first-order valence-electron chi connectivity index (χ1n) is 2.97. The molecule has 1 aromatic heterocycles. The van der Waals surface area contributed by atoms with Crippen molar-refractivity contribution in [3.05, 3.63) is 27.5 Å². The standard InChI is InChI=1S/C6H4BrNO4/c7-2-4-1-5(3-9)12-6(4)8(10)11/h1,3H,2H2. The molecule has 12 heavy (non-hydrogen) atoms. The molecular formula is C6H4BrNO4. The Morgan fingerprint density at radius 1 is 1.75 bits per heavy atom.